The van der Waals surface area contributed by atoms with Gasteiger partial charge in [0.2, 0.25) is 15.9 Å². The normalized spacial score (nSPS) is 11.5. The van der Waals surface area contributed by atoms with Crippen LogP contribution in [0.1, 0.15) is 19.4 Å². The van der Waals surface area contributed by atoms with Crippen molar-refractivity contribution in [2.75, 3.05) is 11.1 Å². The van der Waals surface area contributed by atoms with Gasteiger partial charge in [-0.3, -0.25) is 4.79 Å². The topological polar surface area (TPSA) is 75.3 Å². The van der Waals surface area contributed by atoms with Crippen LogP contribution in [-0.4, -0.2) is 26.1 Å². The number of carbonyl (C=O) groups excluding carboxylic acids is 1. The molecule has 0 atom stereocenters. The number of hydrogen-bond donors (Lipinski definition) is 2. The van der Waals surface area contributed by atoms with Crippen LogP contribution < -0.4 is 10.0 Å². The van der Waals surface area contributed by atoms with Gasteiger partial charge in [-0.25, -0.2) is 13.1 Å². The van der Waals surface area contributed by atoms with Crippen LogP contribution >= 0.6 is 11.8 Å². The SMILES string of the molecule is CC(C)NS(=O)(=O)c1ccc(NC(=O)CSCc2ccccc2)cc1. The molecule has 0 aliphatic carbocycles. The highest BCUT2D eigenvalue weighted by Crippen LogP contribution is 2.16. The van der Waals surface area contributed by atoms with E-state index < -0.39 is 10.0 Å². The van der Waals surface area contributed by atoms with Crippen LogP contribution in [0, 0.1) is 0 Å². The first-order valence-corrected chi connectivity index (χ1v) is 10.5. The summed E-state index contributed by atoms with van der Waals surface area (Å²) in [6.07, 6.45) is 0. The molecule has 2 aromatic rings. The molecule has 1 amide bonds. The number of carbonyl (C=O) groups is 1. The standard InChI is InChI=1S/C18H22N2O3S2/c1-14(2)20-25(22,23)17-10-8-16(9-11-17)19-18(21)13-24-12-15-6-4-3-5-7-15/h3-11,14,20H,12-13H2,1-2H3,(H,19,21). The Morgan fingerprint density at radius 1 is 1.04 bits per heavy atom. The lowest BCUT2D eigenvalue weighted by molar-refractivity contribution is -0.113. The van der Waals surface area contributed by atoms with Crippen molar-refractivity contribution < 1.29 is 13.2 Å². The van der Waals surface area contributed by atoms with Crippen LogP contribution in [0.2, 0.25) is 0 Å². The van der Waals surface area contributed by atoms with E-state index in [-0.39, 0.29) is 16.8 Å². The molecule has 0 aliphatic rings. The Morgan fingerprint density at radius 3 is 2.28 bits per heavy atom. The molecule has 2 rings (SSSR count). The molecule has 0 aromatic heterocycles. The van der Waals surface area contributed by atoms with Gasteiger partial charge in [0.15, 0.2) is 0 Å². The maximum atomic E-state index is 12.1. The van der Waals surface area contributed by atoms with Gasteiger partial charge >= 0.3 is 0 Å². The smallest absolute Gasteiger partial charge is 0.240 e. The van der Waals surface area contributed by atoms with Crippen molar-refractivity contribution >= 4 is 33.4 Å². The first-order chi connectivity index (χ1) is 11.9. The van der Waals surface area contributed by atoms with E-state index in [1.807, 2.05) is 30.3 Å². The van der Waals surface area contributed by atoms with E-state index in [9.17, 15) is 13.2 Å². The molecule has 5 nitrogen and oxygen atoms in total. The van der Waals surface area contributed by atoms with Crippen LogP contribution in [0.3, 0.4) is 0 Å². The molecule has 2 aromatic carbocycles. The van der Waals surface area contributed by atoms with E-state index in [1.165, 1.54) is 29.5 Å². The van der Waals surface area contributed by atoms with Crippen LogP contribution in [0.25, 0.3) is 0 Å². The summed E-state index contributed by atoms with van der Waals surface area (Å²) in [7, 11) is -3.52. The Hall–Kier alpha value is -1.83. The molecule has 0 bridgehead atoms. The van der Waals surface area contributed by atoms with Crippen LogP contribution in [0.15, 0.2) is 59.5 Å². The van der Waals surface area contributed by atoms with Crippen molar-refractivity contribution in [2.45, 2.75) is 30.5 Å². The number of benzene rings is 2. The van der Waals surface area contributed by atoms with Gasteiger partial charge in [-0.2, -0.15) is 0 Å². The zero-order valence-corrected chi connectivity index (χ0v) is 15.9. The summed E-state index contributed by atoms with van der Waals surface area (Å²) in [4.78, 5) is 12.1. The second kappa shape index (κ2) is 9.03. The summed E-state index contributed by atoms with van der Waals surface area (Å²) in [5.41, 5.74) is 1.75. The van der Waals surface area contributed by atoms with Gasteiger partial charge in [-0.05, 0) is 43.7 Å². The Labute approximate surface area is 153 Å². The van der Waals surface area contributed by atoms with Gasteiger partial charge in [0.1, 0.15) is 0 Å². The third-order valence-electron chi connectivity index (χ3n) is 3.18. The number of anilines is 1. The summed E-state index contributed by atoms with van der Waals surface area (Å²) < 4.78 is 26.6. The maximum Gasteiger partial charge on any atom is 0.240 e. The summed E-state index contributed by atoms with van der Waals surface area (Å²) in [6.45, 7) is 3.53. The number of hydrogen-bond acceptors (Lipinski definition) is 4. The van der Waals surface area contributed by atoms with Gasteiger partial charge in [-0.15, -0.1) is 11.8 Å². The summed E-state index contributed by atoms with van der Waals surface area (Å²) >= 11 is 1.53. The fraction of sp³-hybridized carbons (Fsp3) is 0.278. The Balaban J connectivity index is 1.85. The average molecular weight is 379 g/mol. The highest BCUT2D eigenvalue weighted by Gasteiger charge is 2.15. The van der Waals surface area contributed by atoms with E-state index in [0.29, 0.717) is 11.4 Å². The first-order valence-electron chi connectivity index (χ1n) is 7.91. The molecule has 0 aliphatic heterocycles. The lowest BCUT2D eigenvalue weighted by Gasteiger charge is -2.10. The van der Waals surface area contributed by atoms with E-state index in [2.05, 4.69) is 10.0 Å². The van der Waals surface area contributed by atoms with Crippen molar-refractivity contribution in [3.8, 4) is 0 Å². The molecule has 2 N–H and O–H groups in total. The molecule has 0 fully saturated rings. The lowest BCUT2D eigenvalue weighted by atomic mass is 10.2. The van der Waals surface area contributed by atoms with Gasteiger partial charge in [0.05, 0.1) is 10.6 Å². The Bertz CT molecular complexity index is 789. The zero-order valence-electron chi connectivity index (χ0n) is 14.2. The van der Waals surface area contributed by atoms with Crippen molar-refractivity contribution in [3.63, 3.8) is 0 Å². The predicted molar refractivity (Wildman–Crippen MR) is 103 cm³/mol. The van der Waals surface area contributed by atoms with Crippen LogP contribution in [0.4, 0.5) is 5.69 Å². The highest BCUT2D eigenvalue weighted by molar-refractivity contribution is 7.99. The molecule has 0 saturated heterocycles. The largest absolute Gasteiger partial charge is 0.325 e. The maximum absolute atomic E-state index is 12.1. The van der Waals surface area contributed by atoms with E-state index in [0.717, 1.165) is 5.75 Å². The second-order valence-electron chi connectivity index (χ2n) is 5.83. The lowest BCUT2D eigenvalue weighted by Crippen LogP contribution is -2.30. The predicted octanol–water partition coefficient (Wildman–Crippen LogP) is 3.25. The van der Waals surface area contributed by atoms with Crippen LogP contribution in [-0.2, 0) is 20.6 Å². The quantitative estimate of drug-likeness (QED) is 0.739. The molecule has 0 heterocycles. The molecular weight excluding hydrogens is 356 g/mol. The molecule has 134 valence electrons. The zero-order chi connectivity index (χ0) is 18.3. The van der Waals surface area contributed by atoms with Crippen molar-refractivity contribution in [3.05, 3.63) is 60.2 Å². The number of amides is 1. The Morgan fingerprint density at radius 2 is 1.68 bits per heavy atom. The summed E-state index contributed by atoms with van der Waals surface area (Å²) in [5, 5.41) is 2.77. The Kier molecular flexibility index (Phi) is 7.04. The fourth-order valence-corrected chi connectivity index (χ4v) is 4.17. The van der Waals surface area contributed by atoms with Gasteiger partial charge in [-0.1, -0.05) is 30.3 Å². The molecule has 0 unspecified atom stereocenters. The van der Waals surface area contributed by atoms with Crippen molar-refractivity contribution in [1.29, 1.82) is 0 Å². The monoisotopic (exact) mass is 378 g/mol. The third-order valence-corrected chi connectivity index (χ3v) is 5.86. The van der Waals surface area contributed by atoms with Gasteiger partial charge < -0.3 is 5.32 Å². The van der Waals surface area contributed by atoms with Gasteiger partial charge in [0.25, 0.3) is 0 Å². The highest BCUT2D eigenvalue weighted by atomic mass is 32.2. The number of thioether (sulfide) groups is 1. The molecule has 0 saturated carbocycles. The first kappa shape index (κ1) is 19.5. The summed E-state index contributed by atoms with van der Waals surface area (Å²) in [5.74, 6) is 0.993. The fourth-order valence-electron chi connectivity index (χ4n) is 2.13. The van der Waals surface area contributed by atoms with E-state index in [4.69, 9.17) is 0 Å². The number of rotatable bonds is 8. The van der Waals surface area contributed by atoms with Gasteiger partial charge in [0, 0.05) is 17.5 Å². The second-order valence-corrected chi connectivity index (χ2v) is 8.53. The minimum atomic E-state index is -3.52. The minimum absolute atomic E-state index is 0.114. The van der Waals surface area contributed by atoms with E-state index >= 15 is 0 Å². The average Bonchev–Trinajstić information content (AvgIpc) is 2.55. The molecule has 7 heteroatoms. The number of nitrogens with one attached hydrogen (secondary N) is 2. The molecule has 0 radical (unpaired) electrons. The molecule has 0 spiro atoms. The molecular formula is C18H22N2O3S2. The number of sulfonamides is 1. The van der Waals surface area contributed by atoms with Crippen molar-refractivity contribution in [2.24, 2.45) is 0 Å². The van der Waals surface area contributed by atoms with E-state index in [1.54, 1.807) is 26.0 Å². The molecule has 25 heavy (non-hydrogen) atoms. The summed E-state index contributed by atoms with van der Waals surface area (Å²) in [6, 6.07) is 15.9. The van der Waals surface area contributed by atoms with Crippen molar-refractivity contribution in [1.82, 2.24) is 4.72 Å². The van der Waals surface area contributed by atoms with Crippen LogP contribution in [0.5, 0.6) is 0 Å². The third kappa shape index (κ3) is 6.53. The minimum Gasteiger partial charge on any atom is -0.325 e.